The molecule has 10 rings (SSSR count). The minimum Gasteiger partial charge on any atom is -0.293 e. The molecule has 0 fully saturated rings. The molecule has 2 aliphatic rings. The molecule has 0 spiro atoms. The van der Waals surface area contributed by atoms with E-state index in [2.05, 4.69) is 164 Å². The predicted molar refractivity (Wildman–Crippen MR) is 202 cm³/mol. The fourth-order valence-corrected chi connectivity index (χ4v) is 10.4. The number of fused-ring (bicyclic) bond motifs is 10. The van der Waals surface area contributed by atoms with Gasteiger partial charge in [-0.15, -0.1) is 0 Å². The largest absolute Gasteiger partial charge is 0.293 e. The van der Waals surface area contributed by atoms with Crippen molar-refractivity contribution < 1.29 is 0 Å². The van der Waals surface area contributed by atoms with Crippen LogP contribution in [0.2, 0.25) is 0 Å². The van der Waals surface area contributed by atoms with E-state index in [4.69, 9.17) is 4.98 Å². The van der Waals surface area contributed by atoms with Crippen molar-refractivity contribution in [3.05, 3.63) is 157 Å². The maximum atomic E-state index is 5.44. The maximum absolute atomic E-state index is 5.44. The van der Waals surface area contributed by atoms with E-state index in [1.165, 1.54) is 69.2 Å². The van der Waals surface area contributed by atoms with Crippen LogP contribution in [0, 0.1) is 0 Å². The van der Waals surface area contributed by atoms with Gasteiger partial charge >= 0.3 is 0 Å². The van der Waals surface area contributed by atoms with Crippen molar-refractivity contribution in [1.82, 2.24) is 9.55 Å². The molecule has 3 heterocycles. The van der Waals surface area contributed by atoms with Crippen LogP contribution in [0.3, 0.4) is 0 Å². The molecule has 0 atom stereocenters. The van der Waals surface area contributed by atoms with Crippen molar-refractivity contribution in [2.75, 3.05) is 0 Å². The Kier molecular flexibility index (Phi) is 6.12. The van der Waals surface area contributed by atoms with Crippen LogP contribution in [0.15, 0.2) is 165 Å². The topological polar surface area (TPSA) is 17.8 Å². The lowest BCUT2D eigenvalue weighted by Gasteiger charge is -2.28. The smallest absolute Gasteiger partial charge is 0.138 e. The first-order chi connectivity index (χ1) is 23.6. The fourth-order valence-electron chi connectivity index (χ4n) is 7.83. The Morgan fingerprint density at radius 2 is 1.25 bits per heavy atom. The van der Waals surface area contributed by atoms with Gasteiger partial charge in [0.25, 0.3) is 0 Å². The second kappa shape index (κ2) is 10.5. The molecule has 4 heteroatoms. The van der Waals surface area contributed by atoms with Crippen LogP contribution in [0.4, 0.5) is 0 Å². The molecule has 6 aromatic carbocycles. The third-order valence-corrected chi connectivity index (χ3v) is 12.6. The SMILES string of the molecule is CC1(C)c2ccc3c4ccccc4n(-c4cc(-c5ccccc5)cc(-c5ccccc5)n4)c3c2-c2ccc3c(c21)Sc1ccccc1S3. The number of rotatable bonds is 3. The minimum absolute atomic E-state index is 0.167. The Hall–Kier alpha value is -5.03. The standard InChI is InChI=1S/C44H30N2S2/c1-44(2)33-23-21-31-30-17-9-10-18-35(30)46(39-26-29(27-13-5-3-6-14-27)25-34(45-39)28-15-7-4-8-16-28)42(31)40(33)32-22-24-38-43(41(32)44)48-37-20-12-11-19-36(37)47-38/h3-26H,1-2H3. The van der Waals surface area contributed by atoms with Gasteiger partial charge in [0, 0.05) is 46.9 Å². The number of nitrogens with zero attached hydrogens (tertiary/aromatic N) is 2. The summed E-state index contributed by atoms with van der Waals surface area (Å²) in [7, 11) is 0. The van der Waals surface area contributed by atoms with Gasteiger partial charge in [0.1, 0.15) is 5.82 Å². The Morgan fingerprint density at radius 3 is 2.04 bits per heavy atom. The summed E-state index contributed by atoms with van der Waals surface area (Å²) < 4.78 is 2.43. The Labute approximate surface area is 288 Å². The quantitative estimate of drug-likeness (QED) is 0.189. The van der Waals surface area contributed by atoms with Crippen LogP contribution in [-0.4, -0.2) is 9.55 Å². The number of hydrogen-bond donors (Lipinski definition) is 0. The second-order valence-corrected chi connectivity index (χ2v) is 15.3. The number of benzene rings is 6. The highest BCUT2D eigenvalue weighted by Gasteiger charge is 2.41. The first-order valence-electron chi connectivity index (χ1n) is 16.4. The lowest BCUT2D eigenvalue weighted by atomic mass is 9.82. The van der Waals surface area contributed by atoms with Gasteiger partial charge < -0.3 is 0 Å². The van der Waals surface area contributed by atoms with Crippen LogP contribution in [0.5, 0.6) is 0 Å². The maximum Gasteiger partial charge on any atom is 0.138 e. The molecule has 2 nitrogen and oxygen atoms in total. The van der Waals surface area contributed by atoms with Gasteiger partial charge in [0.05, 0.1) is 16.7 Å². The summed E-state index contributed by atoms with van der Waals surface area (Å²) >= 11 is 3.83. The van der Waals surface area contributed by atoms with Crippen molar-refractivity contribution in [3.8, 4) is 39.3 Å². The van der Waals surface area contributed by atoms with Gasteiger partial charge in [0.2, 0.25) is 0 Å². The van der Waals surface area contributed by atoms with E-state index in [0.717, 1.165) is 22.6 Å². The monoisotopic (exact) mass is 650 g/mol. The number of hydrogen-bond acceptors (Lipinski definition) is 3. The molecule has 228 valence electrons. The van der Waals surface area contributed by atoms with Gasteiger partial charge in [-0.3, -0.25) is 4.57 Å². The summed E-state index contributed by atoms with van der Waals surface area (Å²) in [6.07, 6.45) is 0. The average molecular weight is 651 g/mol. The van der Waals surface area contributed by atoms with Crippen LogP contribution < -0.4 is 0 Å². The van der Waals surface area contributed by atoms with E-state index in [9.17, 15) is 0 Å². The van der Waals surface area contributed by atoms with Crippen molar-refractivity contribution >= 4 is 45.3 Å². The molecule has 1 aliphatic carbocycles. The van der Waals surface area contributed by atoms with E-state index >= 15 is 0 Å². The molecule has 2 aromatic heterocycles. The van der Waals surface area contributed by atoms with Gasteiger partial charge in [0.15, 0.2) is 0 Å². The molecule has 1 aliphatic heterocycles. The molecule has 0 saturated carbocycles. The summed E-state index contributed by atoms with van der Waals surface area (Å²) in [5, 5.41) is 2.50. The first kappa shape index (κ1) is 28.0. The van der Waals surface area contributed by atoms with Crippen molar-refractivity contribution in [2.24, 2.45) is 0 Å². The van der Waals surface area contributed by atoms with Gasteiger partial charge in [-0.1, -0.05) is 147 Å². The third kappa shape index (κ3) is 4.06. The normalized spacial score (nSPS) is 14.0. The Morgan fingerprint density at radius 1 is 0.562 bits per heavy atom. The molecule has 0 unspecified atom stereocenters. The first-order valence-corrected chi connectivity index (χ1v) is 18.0. The van der Waals surface area contributed by atoms with Crippen LogP contribution in [0.1, 0.15) is 25.0 Å². The van der Waals surface area contributed by atoms with E-state index in [1.807, 2.05) is 23.5 Å². The molecule has 0 N–H and O–H groups in total. The lowest BCUT2D eigenvalue weighted by Crippen LogP contribution is -2.17. The average Bonchev–Trinajstić information content (AvgIpc) is 3.60. The van der Waals surface area contributed by atoms with Crippen molar-refractivity contribution in [3.63, 3.8) is 0 Å². The van der Waals surface area contributed by atoms with E-state index in [1.54, 1.807) is 0 Å². The zero-order valence-electron chi connectivity index (χ0n) is 26.6. The number of pyridine rings is 1. The van der Waals surface area contributed by atoms with Crippen molar-refractivity contribution in [1.29, 1.82) is 0 Å². The molecule has 8 aromatic rings. The van der Waals surface area contributed by atoms with E-state index in [-0.39, 0.29) is 5.41 Å². The van der Waals surface area contributed by atoms with E-state index in [0.29, 0.717) is 0 Å². The van der Waals surface area contributed by atoms with Crippen LogP contribution in [-0.2, 0) is 5.41 Å². The molecular weight excluding hydrogens is 621 g/mol. The highest BCUT2D eigenvalue weighted by Crippen LogP contribution is 2.60. The van der Waals surface area contributed by atoms with E-state index < -0.39 is 0 Å². The molecule has 0 bridgehead atoms. The predicted octanol–water partition coefficient (Wildman–Crippen LogP) is 12.4. The number of aromatic nitrogens is 2. The fraction of sp³-hybridized carbons (Fsp3) is 0.0682. The molecule has 0 amide bonds. The summed E-state index contributed by atoms with van der Waals surface area (Å²) in [5.41, 5.74) is 12.1. The molecule has 48 heavy (non-hydrogen) atoms. The van der Waals surface area contributed by atoms with Gasteiger partial charge in [-0.25, -0.2) is 4.98 Å². The highest BCUT2D eigenvalue weighted by molar-refractivity contribution is 8.05. The van der Waals surface area contributed by atoms with Crippen molar-refractivity contribution in [2.45, 2.75) is 38.8 Å². The summed E-state index contributed by atoms with van der Waals surface area (Å²) in [6.45, 7) is 4.81. The molecule has 0 saturated heterocycles. The Bertz CT molecular complexity index is 2520. The molecular formula is C44H30N2S2. The van der Waals surface area contributed by atoms with Crippen LogP contribution >= 0.6 is 23.5 Å². The second-order valence-electron chi connectivity index (χ2n) is 13.2. The summed E-state index contributed by atoms with van der Waals surface area (Å²) in [6, 6.07) is 52.8. The minimum atomic E-state index is -0.167. The lowest BCUT2D eigenvalue weighted by molar-refractivity contribution is 0.642. The Balaban J connectivity index is 1.29. The van der Waals surface area contributed by atoms with Crippen LogP contribution in [0.25, 0.3) is 61.1 Å². The number of para-hydroxylation sites is 1. The summed E-state index contributed by atoms with van der Waals surface area (Å²) in [5.74, 6) is 0.929. The van der Waals surface area contributed by atoms with Gasteiger partial charge in [-0.2, -0.15) is 0 Å². The summed E-state index contributed by atoms with van der Waals surface area (Å²) in [4.78, 5) is 10.9. The zero-order chi connectivity index (χ0) is 32.0. The van der Waals surface area contributed by atoms with Gasteiger partial charge in [-0.05, 0) is 64.2 Å². The molecule has 0 radical (unpaired) electrons. The zero-order valence-corrected chi connectivity index (χ0v) is 28.2. The third-order valence-electron chi connectivity index (χ3n) is 10.0. The highest BCUT2D eigenvalue weighted by atomic mass is 32.2.